The van der Waals surface area contributed by atoms with E-state index in [1.165, 1.54) is 12.1 Å². The molecule has 0 bridgehead atoms. The van der Waals surface area contributed by atoms with Gasteiger partial charge in [0.15, 0.2) is 0 Å². The number of aromatic amines is 2. The second-order valence-electron chi connectivity index (χ2n) is 6.43. The van der Waals surface area contributed by atoms with Crippen LogP contribution in [0, 0.1) is 5.82 Å². The Labute approximate surface area is 148 Å². The van der Waals surface area contributed by atoms with Crippen molar-refractivity contribution in [2.24, 2.45) is 0 Å². The molecule has 132 valence electrons. The number of carbonyl (C=O) groups is 1. The quantitative estimate of drug-likeness (QED) is 0.675. The predicted molar refractivity (Wildman–Crippen MR) is 94.3 cm³/mol. The molecule has 1 aromatic carbocycles. The number of carbonyl (C=O) groups excluding carboxylic acids is 1. The Kier molecular flexibility index (Phi) is 4.12. The molecule has 3 N–H and O–H groups in total. The zero-order valence-electron chi connectivity index (χ0n) is 13.9. The molecule has 0 fully saturated rings. The zero-order valence-corrected chi connectivity index (χ0v) is 13.9. The molecule has 0 spiro atoms. The molecule has 0 aliphatic heterocycles. The van der Waals surface area contributed by atoms with Crippen molar-refractivity contribution in [2.45, 2.75) is 25.3 Å². The number of aromatic nitrogens is 3. The molecule has 1 atom stereocenters. The minimum Gasteiger partial charge on any atom is -0.357 e. The predicted octanol–water partition coefficient (Wildman–Crippen LogP) is 2.19. The van der Waals surface area contributed by atoms with Crippen molar-refractivity contribution in [1.29, 1.82) is 0 Å². The second-order valence-corrected chi connectivity index (χ2v) is 6.43. The number of hydrogen-bond acceptors (Lipinski definition) is 3. The highest BCUT2D eigenvalue weighted by molar-refractivity contribution is 5.94. The van der Waals surface area contributed by atoms with E-state index < -0.39 is 0 Å². The topological polar surface area (TPSA) is 90.6 Å². The first-order valence-electron chi connectivity index (χ1n) is 8.41. The van der Waals surface area contributed by atoms with Crippen molar-refractivity contribution in [1.82, 2.24) is 20.5 Å². The Hall–Kier alpha value is -3.22. The highest BCUT2D eigenvalue weighted by atomic mass is 19.1. The Balaban J connectivity index is 1.46. The Morgan fingerprint density at radius 3 is 2.81 bits per heavy atom. The standard InChI is InChI=1S/C19H17FN4O2/c20-14-3-1-11(2-4-14)13-8-17(21-10-13)19(26)22-15-5-6-16-12(7-15)9-18(25)24-23-16/h1-4,8-10,15,21H,5-7H2,(H,22,26)(H,24,25)/t15-/m1/s1. The monoisotopic (exact) mass is 352 g/mol. The molecule has 26 heavy (non-hydrogen) atoms. The van der Waals surface area contributed by atoms with Crippen molar-refractivity contribution in [2.75, 3.05) is 0 Å². The van der Waals surface area contributed by atoms with E-state index in [1.54, 1.807) is 30.5 Å². The average Bonchev–Trinajstić information content (AvgIpc) is 3.12. The highest BCUT2D eigenvalue weighted by Gasteiger charge is 2.22. The molecular weight excluding hydrogens is 335 g/mol. The van der Waals surface area contributed by atoms with Crippen LogP contribution in [0.5, 0.6) is 0 Å². The minimum atomic E-state index is -0.298. The lowest BCUT2D eigenvalue weighted by molar-refractivity contribution is 0.0929. The minimum absolute atomic E-state index is 0.0452. The van der Waals surface area contributed by atoms with Gasteiger partial charge in [-0.3, -0.25) is 9.59 Å². The first-order valence-corrected chi connectivity index (χ1v) is 8.41. The second kappa shape index (κ2) is 6.59. The van der Waals surface area contributed by atoms with Gasteiger partial charge in [-0.05, 0) is 54.2 Å². The number of amides is 1. The molecule has 4 rings (SSSR count). The van der Waals surface area contributed by atoms with Gasteiger partial charge in [0.2, 0.25) is 0 Å². The van der Waals surface area contributed by atoms with Gasteiger partial charge in [-0.2, -0.15) is 5.10 Å². The van der Waals surface area contributed by atoms with Crippen molar-refractivity contribution in [3.63, 3.8) is 0 Å². The lowest BCUT2D eigenvalue weighted by Crippen LogP contribution is -2.39. The third-order valence-corrected chi connectivity index (χ3v) is 4.61. The summed E-state index contributed by atoms with van der Waals surface area (Å²) >= 11 is 0. The van der Waals surface area contributed by atoms with Crippen LogP contribution in [0.1, 0.15) is 28.2 Å². The summed E-state index contributed by atoms with van der Waals surface area (Å²) in [5.41, 5.74) is 3.62. The van der Waals surface area contributed by atoms with E-state index in [1.807, 2.05) is 0 Å². The van der Waals surface area contributed by atoms with E-state index in [9.17, 15) is 14.0 Å². The van der Waals surface area contributed by atoms with E-state index in [2.05, 4.69) is 20.5 Å². The average molecular weight is 352 g/mol. The molecule has 0 saturated heterocycles. The SMILES string of the molecule is O=C(N[C@@H]1CCc2n[nH]c(=O)cc2C1)c1cc(-c2ccc(F)cc2)c[nH]1. The highest BCUT2D eigenvalue weighted by Crippen LogP contribution is 2.21. The lowest BCUT2D eigenvalue weighted by Gasteiger charge is -2.24. The lowest BCUT2D eigenvalue weighted by atomic mass is 9.92. The van der Waals surface area contributed by atoms with Crippen LogP contribution in [0.15, 0.2) is 47.4 Å². The van der Waals surface area contributed by atoms with Crippen LogP contribution < -0.4 is 10.9 Å². The number of hydrogen-bond donors (Lipinski definition) is 3. The summed E-state index contributed by atoms with van der Waals surface area (Å²) in [5, 5.41) is 9.49. The van der Waals surface area contributed by atoms with E-state index >= 15 is 0 Å². The smallest absolute Gasteiger partial charge is 0.267 e. The van der Waals surface area contributed by atoms with Crippen molar-refractivity contribution < 1.29 is 9.18 Å². The number of fused-ring (bicyclic) bond motifs is 1. The zero-order chi connectivity index (χ0) is 18.1. The number of nitrogens with zero attached hydrogens (tertiary/aromatic N) is 1. The van der Waals surface area contributed by atoms with Gasteiger partial charge in [-0.1, -0.05) is 12.1 Å². The number of halogens is 1. The number of aryl methyl sites for hydroxylation is 1. The summed E-state index contributed by atoms with van der Waals surface area (Å²) in [4.78, 5) is 26.9. The Morgan fingerprint density at radius 2 is 2.00 bits per heavy atom. The van der Waals surface area contributed by atoms with Gasteiger partial charge < -0.3 is 10.3 Å². The molecule has 2 heterocycles. The molecule has 7 heteroatoms. The maximum absolute atomic E-state index is 13.0. The molecule has 1 aliphatic rings. The number of benzene rings is 1. The van der Waals surface area contributed by atoms with Gasteiger partial charge in [-0.15, -0.1) is 0 Å². The first kappa shape index (κ1) is 16.3. The molecule has 2 aromatic heterocycles. The number of H-pyrrole nitrogens is 2. The van der Waals surface area contributed by atoms with Crippen LogP contribution in [-0.4, -0.2) is 27.1 Å². The summed E-state index contributed by atoms with van der Waals surface area (Å²) in [6, 6.07) is 9.35. The third kappa shape index (κ3) is 3.28. The maximum Gasteiger partial charge on any atom is 0.267 e. The van der Waals surface area contributed by atoms with Crippen molar-refractivity contribution in [3.05, 3.63) is 75.7 Å². The fourth-order valence-electron chi connectivity index (χ4n) is 3.26. The summed E-state index contributed by atoms with van der Waals surface area (Å²) in [7, 11) is 0. The largest absolute Gasteiger partial charge is 0.357 e. The van der Waals surface area contributed by atoms with Crippen LogP contribution in [0.25, 0.3) is 11.1 Å². The molecule has 1 aliphatic carbocycles. The Morgan fingerprint density at radius 1 is 1.19 bits per heavy atom. The van der Waals surface area contributed by atoms with E-state index in [4.69, 9.17) is 0 Å². The molecule has 0 unspecified atom stereocenters. The summed E-state index contributed by atoms with van der Waals surface area (Å²) in [6.45, 7) is 0. The molecule has 3 aromatic rings. The molecule has 0 radical (unpaired) electrons. The van der Waals surface area contributed by atoms with Gasteiger partial charge in [0, 0.05) is 18.3 Å². The van der Waals surface area contributed by atoms with E-state index in [0.717, 1.165) is 28.8 Å². The van der Waals surface area contributed by atoms with E-state index in [0.29, 0.717) is 18.5 Å². The van der Waals surface area contributed by atoms with Crippen LogP contribution >= 0.6 is 0 Å². The van der Waals surface area contributed by atoms with Crippen LogP contribution in [0.4, 0.5) is 4.39 Å². The summed E-state index contributed by atoms with van der Waals surface area (Å²) < 4.78 is 13.0. The van der Waals surface area contributed by atoms with Gasteiger partial charge in [0.05, 0.1) is 5.69 Å². The number of nitrogens with one attached hydrogen (secondary N) is 3. The van der Waals surface area contributed by atoms with Crippen molar-refractivity contribution >= 4 is 5.91 Å². The van der Waals surface area contributed by atoms with Crippen LogP contribution in [0.3, 0.4) is 0 Å². The van der Waals surface area contributed by atoms with Crippen LogP contribution in [0.2, 0.25) is 0 Å². The van der Waals surface area contributed by atoms with E-state index in [-0.39, 0.29) is 23.3 Å². The molecular formula is C19H17FN4O2. The third-order valence-electron chi connectivity index (χ3n) is 4.61. The van der Waals surface area contributed by atoms with Crippen LogP contribution in [-0.2, 0) is 12.8 Å². The molecule has 1 amide bonds. The van der Waals surface area contributed by atoms with Gasteiger partial charge >= 0.3 is 0 Å². The molecule has 0 saturated carbocycles. The Bertz CT molecular complexity index is 1010. The maximum atomic E-state index is 13.0. The molecule has 6 nitrogen and oxygen atoms in total. The summed E-state index contributed by atoms with van der Waals surface area (Å²) in [5.74, 6) is -0.502. The van der Waals surface area contributed by atoms with Gasteiger partial charge in [0.25, 0.3) is 11.5 Å². The van der Waals surface area contributed by atoms with Gasteiger partial charge in [0.1, 0.15) is 11.5 Å². The fraction of sp³-hybridized carbons (Fsp3) is 0.211. The summed E-state index contributed by atoms with van der Waals surface area (Å²) in [6.07, 6.45) is 3.79. The number of rotatable bonds is 3. The van der Waals surface area contributed by atoms with Crippen molar-refractivity contribution in [3.8, 4) is 11.1 Å². The fourth-order valence-corrected chi connectivity index (χ4v) is 3.26. The van der Waals surface area contributed by atoms with Gasteiger partial charge in [-0.25, -0.2) is 9.49 Å². The first-order chi connectivity index (χ1) is 12.6. The normalized spacial score (nSPS) is 16.1.